The molecule has 0 aliphatic heterocycles. The van der Waals surface area contributed by atoms with Gasteiger partial charge < -0.3 is 14.8 Å². The average Bonchev–Trinajstić information content (AvgIpc) is 2.60. The largest absolute Gasteiger partial charge is 0.497 e. The van der Waals surface area contributed by atoms with Crippen molar-refractivity contribution in [2.24, 2.45) is 0 Å². The zero-order chi connectivity index (χ0) is 18.4. The van der Waals surface area contributed by atoms with Crippen molar-refractivity contribution < 1.29 is 19.2 Å². The second-order valence-electron chi connectivity index (χ2n) is 4.86. The molecular formula is C17H15ClN2O5. The van der Waals surface area contributed by atoms with E-state index in [1.165, 1.54) is 38.5 Å². The minimum Gasteiger partial charge on any atom is -0.497 e. The fraction of sp³-hybridized carbons (Fsp3) is 0.118. The Morgan fingerprint density at radius 1 is 1.20 bits per heavy atom. The van der Waals surface area contributed by atoms with Crippen LogP contribution in [0.15, 0.2) is 42.5 Å². The maximum Gasteiger partial charge on any atom is 0.288 e. The van der Waals surface area contributed by atoms with Crippen LogP contribution >= 0.6 is 11.6 Å². The van der Waals surface area contributed by atoms with Crippen molar-refractivity contribution >= 4 is 35.0 Å². The normalized spacial score (nSPS) is 10.5. The summed E-state index contributed by atoms with van der Waals surface area (Å²) in [7, 11) is 3.00. The van der Waals surface area contributed by atoms with E-state index in [1.807, 2.05) is 0 Å². The van der Waals surface area contributed by atoms with E-state index in [0.29, 0.717) is 22.7 Å². The number of carbonyl (C=O) groups excluding carboxylic acids is 1. The molecule has 2 aromatic carbocycles. The Kier molecular flexibility index (Phi) is 5.97. The van der Waals surface area contributed by atoms with Gasteiger partial charge in [-0.05, 0) is 29.8 Å². The van der Waals surface area contributed by atoms with Crippen LogP contribution in [-0.4, -0.2) is 25.1 Å². The lowest BCUT2D eigenvalue weighted by atomic mass is 10.2. The molecule has 7 nitrogen and oxygen atoms in total. The molecule has 1 amide bonds. The molecule has 0 unspecified atom stereocenters. The monoisotopic (exact) mass is 362 g/mol. The van der Waals surface area contributed by atoms with Crippen molar-refractivity contribution in [2.45, 2.75) is 0 Å². The van der Waals surface area contributed by atoms with Gasteiger partial charge in [-0.15, -0.1) is 0 Å². The SMILES string of the molecule is COc1ccc(OC)c(NC(=O)/C=C/c2ccc(Cl)c([N+](=O)[O-])c2)c1. The van der Waals surface area contributed by atoms with Crippen LogP contribution < -0.4 is 14.8 Å². The van der Waals surface area contributed by atoms with Crippen molar-refractivity contribution in [3.8, 4) is 11.5 Å². The van der Waals surface area contributed by atoms with Crippen LogP contribution in [0.5, 0.6) is 11.5 Å². The molecular weight excluding hydrogens is 348 g/mol. The highest BCUT2D eigenvalue weighted by Gasteiger charge is 2.12. The predicted molar refractivity (Wildman–Crippen MR) is 95.3 cm³/mol. The summed E-state index contributed by atoms with van der Waals surface area (Å²) in [5.41, 5.74) is 0.695. The molecule has 0 saturated carbocycles. The Balaban J connectivity index is 2.16. The number of anilines is 1. The van der Waals surface area contributed by atoms with Crippen LogP contribution in [-0.2, 0) is 4.79 Å². The van der Waals surface area contributed by atoms with Gasteiger partial charge in [0.2, 0.25) is 5.91 Å². The van der Waals surface area contributed by atoms with E-state index in [9.17, 15) is 14.9 Å². The third-order valence-electron chi connectivity index (χ3n) is 3.26. The van der Waals surface area contributed by atoms with Crippen LogP contribution in [0.1, 0.15) is 5.56 Å². The van der Waals surface area contributed by atoms with E-state index in [0.717, 1.165) is 0 Å². The van der Waals surface area contributed by atoms with Crippen LogP contribution in [0.4, 0.5) is 11.4 Å². The summed E-state index contributed by atoms with van der Waals surface area (Å²) in [5, 5.41) is 13.6. The van der Waals surface area contributed by atoms with Gasteiger partial charge in [0.1, 0.15) is 16.5 Å². The highest BCUT2D eigenvalue weighted by atomic mass is 35.5. The van der Waals surface area contributed by atoms with E-state index < -0.39 is 10.8 Å². The van der Waals surface area contributed by atoms with Gasteiger partial charge in [-0.1, -0.05) is 17.7 Å². The number of hydrogen-bond donors (Lipinski definition) is 1. The van der Waals surface area contributed by atoms with Crippen LogP contribution in [0.2, 0.25) is 5.02 Å². The Hall–Kier alpha value is -3.06. The number of nitro groups is 1. The summed E-state index contributed by atoms with van der Waals surface area (Å²) in [6, 6.07) is 9.27. The Morgan fingerprint density at radius 3 is 2.60 bits per heavy atom. The first-order chi connectivity index (χ1) is 11.9. The predicted octanol–water partition coefficient (Wildman–Crippen LogP) is 3.92. The van der Waals surface area contributed by atoms with Gasteiger partial charge in [-0.3, -0.25) is 14.9 Å². The topological polar surface area (TPSA) is 90.7 Å². The Morgan fingerprint density at radius 2 is 1.96 bits per heavy atom. The number of hydrogen-bond acceptors (Lipinski definition) is 5. The van der Waals surface area contributed by atoms with E-state index in [-0.39, 0.29) is 10.7 Å². The summed E-state index contributed by atoms with van der Waals surface area (Å²) in [5.74, 6) is 0.613. The molecule has 0 aliphatic rings. The summed E-state index contributed by atoms with van der Waals surface area (Å²) in [4.78, 5) is 22.4. The minimum atomic E-state index is -0.582. The number of halogens is 1. The van der Waals surface area contributed by atoms with Crippen LogP contribution in [0.3, 0.4) is 0 Å². The maximum atomic E-state index is 12.1. The average molecular weight is 363 g/mol. The van der Waals surface area contributed by atoms with Crippen molar-refractivity contribution in [1.29, 1.82) is 0 Å². The van der Waals surface area contributed by atoms with Crippen molar-refractivity contribution in [1.82, 2.24) is 0 Å². The molecule has 8 heteroatoms. The summed E-state index contributed by atoms with van der Waals surface area (Å²) in [6.07, 6.45) is 2.71. The molecule has 0 saturated heterocycles. The number of amides is 1. The third-order valence-corrected chi connectivity index (χ3v) is 3.58. The van der Waals surface area contributed by atoms with E-state index in [2.05, 4.69) is 5.32 Å². The molecule has 0 spiro atoms. The second kappa shape index (κ2) is 8.16. The van der Waals surface area contributed by atoms with E-state index in [4.69, 9.17) is 21.1 Å². The number of carbonyl (C=O) groups is 1. The smallest absolute Gasteiger partial charge is 0.288 e. The van der Waals surface area contributed by atoms with Gasteiger partial charge in [-0.2, -0.15) is 0 Å². The first-order valence-electron chi connectivity index (χ1n) is 7.09. The molecule has 0 radical (unpaired) electrons. The fourth-order valence-electron chi connectivity index (χ4n) is 2.03. The van der Waals surface area contributed by atoms with Crippen molar-refractivity contribution in [3.63, 3.8) is 0 Å². The molecule has 0 aliphatic carbocycles. The van der Waals surface area contributed by atoms with Crippen molar-refractivity contribution in [2.75, 3.05) is 19.5 Å². The number of rotatable bonds is 6. The van der Waals surface area contributed by atoms with Gasteiger partial charge in [0.15, 0.2) is 0 Å². The highest BCUT2D eigenvalue weighted by molar-refractivity contribution is 6.32. The lowest BCUT2D eigenvalue weighted by molar-refractivity contribution is -0.384. The first-order valence-corrected chi connectivity index (χ1v) is 7.47. The van der Waals surface area contributed by atoms with E-state index in [1.54, 1.807) is 24.3 Å². The molecule has 2 aromatic rings. The Labute approximate surface area is 149 Å². The first kappa shape index (κ1) is 18.3. The van der Waals surface area contributed by atoms with Crippen LogP contribution in [0, 0.1) is 10.1 Å². The quantitative estimate of drug-likeness (QED) is 0.478. The molecule has 130 valence electrons. The standard InChI is InChI=1S/C17H15ClN2O5/c1-24-12-5-7-16(25-2)14(10-12)19-17(21)8-4-11-3-6-13(18)15(9-11)20(22)23/h3-10H,1-2H3,(H,19,21)/b8-4+. The number of nitrogens with zero attached hydrogens (tertiary/aromatic N) is 1. The lowest BCUT2D eigenvalue weighted by Gasteiger charge is -2.10. The summed E-state index contributed by atoms with van der Waals surface area (Å²) < 4.78 is 10.3. The van der Waals surface area contributed by atoms with Gasteiger partial charge >= 0.3 is 0 Å². The van der Waals surface area contributed by atoms with Gasteiger partial charge in [-0.25, -0.2) is 0 Å². The zero-order valence-electron chi connectivity index (χ0n) is 13.5. The summed E-state index contributed by atoms with van der Waals surface area (Å²) >= 11 is 5.75. The van der Waals surface area contributed by atoms with Gasteiger partial charge in [0.05, 0.1) is 24.8 Å². The molecule has 25 heavy (non-hydrogen) atoms. The second-order valence-corrected chi connectivity index (χ2v) is 5.26. The van der Waals surface area contributed by atoms with Crippen LogP contribution in [0.25, 0.3) is 6.08 Å². The molecule has 0 heterocycles. The minimum absolute atomic E-state index is 0.0349. The molecule has 0 atom stereocenters. The highest BCUT2D eigenvalue weighted by Crippen LogP contribution is 2.29. The lowest BCUT2D eigenvalue weighted by Crippen LogP contribution is -2.09. The number of ether oxygens (including phenoxy) is 2. The number of nitrogens with one attached hydrogen (secondary N) is 1. The number of nitro benzene ring substituents is 1. The third kappa shape index (κ3) is 4.71. The molecule has 0 bridgehead atoms. The fourth-order valence-corrected chi connectivity index (χ4v) is 2.22. The van der Waals surface area contributed by atoms with E-state index >= 15 is 0 Å². The van der Waals surface area contributed by atoms with Gasteiger partial charge in [0.25, 0.3) is 5.69 Å². The molecule has 0 aromatic heterocycles. The zero-order valence-corrected chi connectivity index (χ0v) is 14.2. The Bertz CT molecular complexity index is 836. The number of benzene rings is 2. The maximum absolute atomic E-state index is 12.1. The summed E-state index contributed by atoms with van der Waals surface area (Å²) in [6.45, 7) is 0. The van der Waals surface area contributed by atoms with Crippen molar-refractivity contribution in [3.05, 3.63) is 63.2 Å². The molecule has 1 N–H and O–H groups in total. The number of methoxy groups -OCH3 is 2. The van der Waals surface area contributed by atoms with Gasteiger partial charge in [0, 0.05) is 18.2 Å². The molecule has 0 fully saturated rings. The molecule has 2 rings (SSSR count).